The van der Waals surface area contributed by atoms with Crippen LogP contribution in [0.5, 0.6) is 34.6 Å². The van der Waals surface area contributed by atoms with Crippen LogP contribution in [0.25, 0.3) is 0 Å². The number of nitrogens with two attached hydrogens (primary N) is 1. The third kappa shape index (κ3) is 5.63. The smallest absolute Gasteiger partial charge is 0.311 e. The molecule has 2 heterocycles. The molecule has 45 heavy (non-hydrogen) atoms. The van der Waals surface area contributed by atoms with Crippen molar-refractivity contribution in [1.82, 2.24) is 9.88 Å². The van der Waals surface area contributed by atoms with Crippen LogP contribution in [0.2, 0.25) is 0 Å². The number of aliphatic imine (C=N–C) groups is 1. The van der Waals surface area contributed by atoms with E-state index in [4.69, 9.17) is 30.1 Å². The Morgan fingerprint density at radius 1 is 1.07 bits per heavy atom. The van der Waals surface area contributed by atoms with Gasteiger partial charge in [-0.1, -0.05) is 0 Å². The molecule has 0 radical (unpaired) electrons. The van der Waals surface area contributed by atoms with Crippen LogP contribution in [-0.4, -0.2) is 59.3 Å². The van der Waals surface area contributed by atoms with E-state index in [1.165, 1.54) is 25.3 Å². The average molecular weight is 622 g/mol. The number of phenolic OH excluding ortho intramolecular Hbond substituents is 1. The lowest BCUT2D eigenvalue weighted by molar-refractivity contribution is -0.166. The third-order valence-electron chi connectivity index (χ3n) is 9.01. The molecular formula is C32H33F2N5O6. The van der Waals surface area contributed by atoms with Gasteiger partial charge in [-0.15, -0.1) is 0 Å². The highest BCUT2D eigenvalue weighted by Gasteiger charge is 2.54. The Kier molecular flexibility index (Phi) is 7.81. The molecule has 3 saturated carbocycles. The maximum Gasteiger partial charge on any atom is 0.311 e. The molecular weight excluding hydrogens is 588 g/mol. The van der Waals surface area contributed by atoms with Crippen molar-refractivity contribution >= 4 is 18.0 Å². The number of amidine groups is 1. The van der Waals surface area contributed by atoms with Gasteiger partial charge >= 0.3 is 5.97 Å². The Bertz CT molecular complexity index is 1670. The number of rotatable bonds is 9. The zero-order valence-electron chi connectivity index (χ0n) is 24.8. The molecule has 3 fully saturated rings. The van der Waals surface area contributed by atoms with E-state index in [1.54, 1.807) is 24.4 Å². The van der Waals surface area contributed by atoms with Gasteiger partial charge in [-0.3, -0.25) is 20.1 Å². The summed E-state index contributed by atoms with van der Waals surface area (Å²) in [5.41, 5.74) is 5.39. The van der Waals surface area contributed by atoms with E-state index in [9.17, 15) is 9.90 Å². The number of phenols is 1. The number of pyridine rings is 1. The van der Waals surface area contributed by atoms with Gasteiger partial charge in [-0.25, -0.2) is 9.37 Å². The second kappa shape index (κ2) is 11.6. The number of benzene rings is 2. The summed E-state index contributed by atoms with van der Waals surface area (Å²) in [6, 6.07) is 8.89. The predicted octanol–water partition coefficient (Wildman–Crippen LogP) is 5.59. The Balaban J connectivity index is 1.29. The maximum atomic E-state index is 15.7. The zero-order valence-corrected chi connectivity index (χ0v) is 24.8. The molecule has 4 aliphatic rings. The van der Waals surface area contributed by atoms with Gasteiger partial charge in [-0.2, -0.15) is 4.39 Å². The second-order valence-electron chi connectivity index (χ2n) is 11.8. The van der Waals surface area contributed by atoms with Crippen molar-refractivity contribution in [3.8, 4) is 34.6 Å². The van der Waals surface area contributed by atoms with Crippen molar-refractivity contribution in [2.45, 2.75) is 50.3 Å². The largest absolute Gasteiger partial charge is 0.504 e. The van der Waals surface area contributed by atoms with Gasteiger partial charge in [0.05, 0.1) is 18.7 Å². The van der Waals surface area contributed by atoms with Crippen molar-refractivity contribution in [3.63, 3.8) is 0 Å². The van der Waals surface area contributed by atoms with Crippen molar-refractivity contribution in [2.75, 3.05) is 20.7 Å². The molecule has 3 aliphatic carbocycles. The number of nitrogens with zero attached hydrogens (tertiary/aromatic N) is 3. The zero-order chi connectivity index (χ0) is 31.9. The first-order valence-electron chi connectivity index (χ1n) is 14.5. The molecule has 11 nitrogen and oxygen atoms in total. The van der Waals surface area contributed by atoms with Gasteiger partial charge in [0.2, 0.25) is 11.6 Å². The molecule has 236 valence electrons. The van der Waals surface area contributed by atoms with Crippen molar-refractivity contribution in [2.24, 2.45) is 16.1 Å². The quantitative estimate of drug-likeness (QED) is 0.158. The maximum absolute atomic E-state index is 15.7. The van der Waals surface area contributed by atoms with Crippen molar-refractivity contribution < 1.29 is 37.6 Å². The summed E-state index contributed by atoms with van der Waals surface area (Å²) in [4.78, 5) is 22.6. The normalized spacial score (nSPS) is 24.0. The number of hydrogen-bond acceptors (Lipinski definition) is 10. The van der Waals surface area contributed by atoms with E-state index in [2.05, 4.69) is 9.98 Å². The number of hydrogen-bond donors (Lipinski definition) is 3. The molecule has 1 aliphatic heterocycles. The number of ether oxygens (including phenoxy) is 4. The fraction of sp³-hybridized carbons (Fsp3) is 0.375. The van der Waals surface area contributed by atoms with Gasteiger partial charge in [-0.05, 0) is 82.0 Å². The summed E-state index contributed by atoms with van der Waals surface area (Å²) in [5, 5.41) is 17.8. The Hall–Kier alpha value is -4.78. The molecule has 7 rings (SSSR count). The van der Waals surface area contributed by atoms with E-state index >= 15 is 8.78 Å². The minimum Gasteiger partial charge on any atom is -0.504 e. The van der Waals surface area contributed by atoms with Crippen LogP contribution < -0.4 is 19.9 Å². The number of aromatic hydroxyl groups is 1. The van der Waals surface area contributed by atoms with Crippen LogP contribution in [0.15, 0.2) is 47.6 Å². The fourth-order valence-corrected chi connectivity index (χ4v) is 6.34. The molecule has 1 unspecified atom stereocenters. The summed E-state index contributed by atoms with van der Waals surface area (Å²) >= 11 is 0. The topological polar surface area (TPSA) is 153 Å². The molecule has 0 saturated heterocycles. The molecule has 0 amide bonds. The van der Waals surface area contributed by atoms with Gasteiger partial charge in [0, 0.05) is 23.9 Å². The van der Waals surface area contributed by atoms with Gasteiger partial charge in [0.25, 0.3) is 5.88 Å². The predicted molar refractivity (Wildman–Crippen MR) is 159 cm³/mol. The van der Waals surface area contributed by atoms with E-state index < -0.39 is 40.4 Å². The standard InChI is InChI=1S/C32H33F2N5O6/c1-39-14-13-37-28(39)20-16-19(45-32-10-7-31(8-11-32,9-12-32)30(41)42-2)4-6-23(20)43-26-21(33)17-38-29(25(26)34)44-24-15-18(27(35)36)3-5-22(24)40/h3-6,13,15-17,28,40H,7-12,14H2,1-2H3,(H3,35,36). The molecule has 4 N–H and O–H groups in total. The minimum atomic E-state index is -1.24. The lowest BCUT2D eigenvalue weighted by atomic mass is 9.58. The van der Waals surface area contributed by atoms with Crippen molar-refractivity contribution in [1.29, 1.82) is 5.41 Å². The first-order valence-corrected chi connectivity index (χ1v) is 14.5. The highest BCUT2D eigenvalue weighted by molar-refractivity contribution is 5.95. The number of esters is 1. The summed E-state index contributed by atoms with van der Waals surface area (Å²) in [7, 11) is 3.29. The van der Waals surface area contributed by atoms with Crippen LogP contribution in [0.3, 0.4) is 0 Å². The molecule has 1 aromatic heterocycles. The SMILES string of the molecule is COC(=O)C12CCC(Oc3ccc(Oc4c(F)cnc(Oc5cc(C(=N)N)ccc5O)c4F)c(C4N=CCN4C)c3)(CC1)CC2. The molecule has 2 bridgehead atoms. The Labute approximate surface area is 258 Å². The van der Waals surface area contributed by atoms with E-state index in [1.807, 2.05) is 11.9 Å². The minimum absolute atomic E-state index is 0.143. The van der Waals surface area contributed by atoms with Gasteiger partial charge in [0.1, 0.15) is 29.1 Å². The van der Waals surface area contributed by atoms with Crippen LogP contribution in [0.4, 0.5) is 8.78 Å². The second-order valence-corrected chi connectivity index (χ2v) is 11.8. The first kappa shape index (κ1) is 30.3. The Morgan fingerprint density at radius 2 is 1.80 bits per heavy atom. The number of carbonyl (C=O) groups is 1. The highest BCUT2D eigenvalue weighted by Crippen LogP contribution is 2.54. The van der Waals surface area contributed by atoms with Gasteiger partial charge < -0.3 is 29.8 Å². The average Bonchev–Trinajstić information content (AvgIpc) is 3.47. The number of carbonyl (C=O) groups excluding carboxylic acids is 1. The van der Waals surface area contributed by atoms with E-state index in [0.717, 1.165) is 6.20 Å². The first-order chi connectivity index (χ1) is 21.5. The van der Waals surface area contributed by atoms with Crippen LogP contribution >= 0.6 is 0 Å². The number of fused-ring (bicyclic) bond motifs is 3. The van der Waals surface area contributed by atoms with Crippen LogP contribution in [0.1, 0.15) is 55.8 Å². The summed E-state index contributed by atoms with van der Waals surface area (Å²) in [5.74, 6) is -4.09. The number of aromatic nitrogens is 1. The van der Waals surface area contributed by atoms with Crippen LogP contribution in [0, 0.1) is 22.5 Å². The Morgan fingerprint density at radius 3 is 2.44 bits per heavy atom. The lowest BCUT2D eigenvalue weighted by Crippen LogP contribution is -2.52. The summed E-state index contributed by atoms with van der Waals surface area (Å²) in [6.07, 6.45) is 6.17. The van der Waals surface area contributed by atoms with E-state index in [0.29, 0.717) is 56.4 Å². The van der Waals surface area contributed by atoms with Crippen LogP contribution in [-0.2, 0) is 9.53 Å². The molecule has 13 heteroatoms. The number of methoxy groups -OCH3 is 1. The molecule has 0 spiro atoms. The van der Waals surface area contributed by atoms with Gasteiger partial charge in [0.15, 0.2) is 17.3 Å². The summed E-state index contributed by atoms with van der Waals surface area (Å²) < 4.78 is 53.7. The van der Waals surface area contributed by atoms with Crippen molar-refractivity contribution in [3.05, 3.63) is 65.4 Å². The highest BCUT2D eigenvalue weighted by atomic mass is 19.1. The number of halogens is 2. The summed E-state index contributed by atoms with van der Waals surface area (Å²) in [6.45, 7) is 0.563. The monoisotopic (exact) mass is 621 g/mol. The fourth-order valence-electron chi connectivity index (χ4n) is 6.34. The number of nitrogens with one attached hydrogen (secondary N) is 1. The molecule has 3 aromatic rings. The molecule has 2 aromatic carbocycles. The number of nitrogen functional groups attached to an aromatic ring is 1. The molecule has 1 atom stereocenters. The lowest BCUT2D eigenvalue weighted by Gasteiger charge is -2.51. The third-order valence-corrected chi connectivity index (χ3v) is 9.01. The van der Waals surface area contributed by atoms with E-state index in [-0.39, 0.29) is 34.6 Å².